The summed E-state index contributed by atoms with van der Waals surface area (Å²) >= 11 is 0. The van der Waals surface area contributed by atoms with Gasteiger partial charge in [-0.2, -0.15) is 0 Å². The number of carbonyl (C=O) groups is 1. The number of ether oxygens (including phenoxy) is 1. The molecular weight excluding hydrogens is 188 g/mol. The third kappa shape index (κ3) is 1.84. The van der Waals surface area contributed by atoms with Crippen LogP contribution in [-0.4, -0.2) is 5.97 Å². The first-order valence-corrected chi connectivity index (χ1v) is 4.85. The number of hydrogen-bond acceptors (Lipinski definition) is 2. The Hall–Kier alpha value is -1.83. The summed E-state index contributed by atoms with van der Waals surface area (Å²) in [6, 6.07) is 11.9. The van der Waals surface area contributed by atoms with E-state index in [4.69, 9.17) is 4.74 Å². The van der Waals surface area contributed by atoms with Crippen LogP contribution in [0.3, 0.4) is 0 Å². The molecule has 0 amide bonds. The second-order valence-electron chi connectivity index (χ2n) is 3.53. The van der Waals surface area contributed by atoms with E-state index in [2.05, 4.69) is 0 Å². The number of hydrogen-bond donors (Lipinski definition) is 0. The Balaban J connectivity index is 2.58. The highest BCUT2D eigenvalue weighted by atomic mass is 16.5. The lowest BCUT2D eigenvalue weighted by atomic mass is 10.2. The van der Waals surface area contributed by atoms with E-state index in [0.29, 0.717) is 5.75 Å². The summed E-state index contributed by atoms with van der Waals surface area (Å²) in [5.74, 6) is 0.394. The molecular formula is C13H12O2. The maximum Gasteiger partial charge on any atom is 0.308 e. The molecule has 0 N–H and O–H groups in total. The Morgan fingerprint density at radius 1 is 1.20 bits per heavy atom. The van der Waals surface area contributed by atoms with Crippen molar-refractivity contribution in [1.29, 1.82) is 0 Å². The van der Waals surface area contributed by atoms with Gasteiger partial charge in [-0.3, -0.25) is 4.79 Å². The summed E-state index contributed by atoms with van der Waals surface area (Å²) in [4.78, 5) is 11.0. The van der Waals surface area contributed by atoms with E-state index in [0.717, 1.165) is 16.7 Å². The molecule has 0 aromatic rings. The monoisotopic (exact) mass is 200 g/mol. The molecule has 0 aliphatic heterocycles. The van der Waals surface area contributed by atoms with Crippen molar-refractivity contribution >= 4 is 5.97 Å². The van der Waals surface area contributed by atoms with Crippen molar-refractivity contribution < 1.29 is 9.53 Å². The quantitative estimate of drug-likeness (QED) is 0.661. The summed E-state index contributed by atoms with van der Waals surface area (Å²) in [5, 5.41) is 0. The third-order valence-corrected chi connectivity index (χ3v) is 2.29. The molecule has 0 aromatic carbocycles. The highest BCUT2D eigenvalue weighted by Crippen LogP contribution is 2.37. The zero-order valence-corrected chi connectivity index (χ0v) is 8.78. The molecule has 0 atom stereocenters. The van der Waals surface area contributed by atoms with Crippen molar-refractivity contribution in [2.45, 2.75) is 13.8 Å². The topological polar surface area (TPSA) is 26.3 Å². The van der Waals surface area contributed by atoms with Crippen LogP contribution in [0.2, 0.25) is 0 Å². The summed E-state index contributed by atoms with van der Waals surface area (Å²) in [7, 11) is 0. The molecule has 0 bridgehead atoms. The first kappa shape index (κ1) is 9.71. The minimum atomic E-state index is -0.280. The van der Waals surface area contributed by atoms with Gasteiger partial charge in [0.05, 0.1) is 0 Å². The molecule has 0 saturated carbocycles. The van der Waals surface area contributed by atoms with Crippen molar-refractivity contribution in [3.05, 3.63) is 42.0 Å². The molecule has 2 heteroatoms. The van der Waals surface area contributed by atoms with Crippen molar-refractivity contribution in [3.63, 3.8) is 0 Å². The van der Waals surface area contributed by atoms with Crippen molar-refractivity contribution in [3.8, 4) is 16.9 Å². The molecule has 0 radical (unpaired) electrons. The summed E-state index contributed by atoms with van der Waals surface area (Å²) in [5.41, 5.74) is 3.06. The van der Waals surface area contributed by atoms with Gasteiger partial charge in [0.1, 0.15) is 5.75 Å². The van der Waals surface area contributed by atoms with Gasteiger partial charge >= 0.3 is 5.97 Å². The van der Waals surface area contributed by atoms with E-state index in [9.17, 15) is 4.79 Å². The van der Waals surface area contributed by atoms with E-state index in [1.54, 1.807) is 0 Å². The molecule has 0 fully saturated rings. The number of fused-ring (bicyclic) bond motifs is 1. The molecule has 0 saturated heterocycles. The van der Waals surface area contributed by atoms with Crippen molar-refractivity contribution in [2.75, 3.05) is 0 Å². The molecule has 0 heterocycles. The highest BCUT2D eigenvalue weighted by molar-refractivity contribution is 5.81. The van der Waals surface area contributed by atoms with Crippen LogP contribution in [0.25, 0.3) is 11.1 Å². The second kappa shape index (κ2) is 3.73. The zero-order chi connectivity index (χ0) is 10.8. The fourth-order valence-electron chi connectivity index (χ4n) is 1.68. The Kier molecular flexibility index (Phi) is 2.42. The van der Waals surface area contributed by atoms with Gasteiger partial charge in [-0.05, 0) is 24.1 Å². The van der Waals surface area contributed by atoms with E-state index >= 15 is 0 Å². The lowest BCUT2D eigenvalue weighted by Gasteiger charge is -2.02. The average molecular weight is 200 g/mol. The van der Waals surface area contributed by atoms with Gasteiger partial charge in [-0.1, -0.05) is 30.3 Å². The van der Waals surface area contributed by atoms with Gasteiger partial charge in [0, 0.05) is 12.5 Å². The lowest BCUT2D eigenvalue weighted by Crippen LogP contribution is -2.01. The van der Waals surface area contributed by atoms with E-state index in [1.807, 2.05) is 43.3 Å². The molecule has 2 rings (SSSR count). The molecule has 2 aliphatic carbocycles. The van der Waals surface area contributed by atoms with Crippen LogP contribution in [0.4, 0.5) is 0 Å². The van der Waals surface area contributed by atoms with E-state index in [1.165, 1.54) is 6.92 Å². The SMILES string of the molecule is CC(=O)Oc1c(C)cc2cccccc1-2. The molecule has 0 spiro atoms. The predicted octanol–water partition coefficient (Wildman–Crippen LogP) is 3.03. The fourth-order valence-corrected chi connectivity index (χ4v) is 1.68. The number of esters is 1. The number of aryl methyl sites for hydroxylation is 1. The zero-order valence-electron chi connectivity index (χ0n) is 8.78. The normalized spacial score (nSPS) is 10.3. The summed E-state index contributed by atoms with van der Waals surface area (Å²) in [6.45, 7) is 3.36. The van der Waals surface area contributed by atoms with Gasteiger partial charge in [0.15, 0.2) is 0 Å². The van der Waals surface area contributed by atoms with Crippen LogP contribution in [0.5, 0.6) is 5.75 Å². The van der Waals surface area contributed by atoms with Gasteiger partial charge in [-0.25, -0.2) is 0 Å². The van der Waals surface area contributed by atoms with E-state index < -0.39 is 0 Å². The molecule has 76 valence electrons. The Morgan fingerprint density at radius 3 is 2.67 bits per heavy atom. The largest absolute Gasteiger partial charge is 0.426 e. The molecule has 0 aromatic heterocycles. The maximum atomic E-state index is 11.0. The minimum absolute atomic E-state index is 0.280. The summed E-state index contributed by atoms with van der Waals surface area (Å²) in [6.07, 6.45) is 0. The lowest BCUT2D eigenvalue weighted by molar-refractivity contribution is -0.131. The van der Waals surface area contributed by atoms with Crippen LogP contribution in [0, 0.1) is 6.92 Å². The van der Waals surface area contributed by atoms with Gasteiger partial charge in [0.2, 0.25) is 0 Å². The summed E-state index contributed by atoms with van der Waals surface area (Å²) < 4.78 is 5.20. The van der Waals surface area contributed by atoms with Crippen molar-refractivity contribution in [2.24, 2.45) is 0 Å². The predicted molar refractivity (Wildman–Crippen MR) is 59.1 cm³/mol. The van der Waals surface area contributed by atoms with Gasteiger partial charge < -0.3 is 4.74 Å². The second-order valence-corrected chi connectivity index (χ2v) is 3.53. The highest BCUT2D eigenvalue weighted by Gasteiger charge is 2.14. The molecule has 0 unspecified atom stereocenters. The van der Waals surface area contributed by atoms with Crippen LogP contribution in [0.1, 0.15) is 12.5 Å². The first-order valence-electron chi connectivity index (χ1n) is 4.85. The fraction of sp³-hybridized carbons (Fsp3) is 0.154. The van der Waals surface area contributed by atoms with Crippen LogP contribution in [0.15, 0.2) is 36.4 Å². The Bertz CT molecular complexity index is 474. The molecule has 2 aliphatic rings. The van der Waals surface area contributed by atoms with E-state index in [-0.39, 0.29) is 5.97 Å². The standard InChI is InChI=1S/C13H12O2/c1-9-8-11-6-4-3-5-7-12(11)13(9)15-10(2)14/h3-8H,1-2H3. The molecule has 2 nitrogen and oxygen atoms in total. The van der Waals surface area contributed by atoms with Crippen LogP contribution < -0.4 is 4.74 Å². The Morgan fingerprint density at radius 2 is 1.93 bits per heavy atom. The minimum Gasteiger partial charge on any atom is -0.426 e. The number of carbonyl (C=O) groups excluding carboxylic acids is 1. The smallest absolute Gasteiger partial charge is 0.308 e. The van der Waals surface area contributed by atoms with Crippen molar-refractivity contribution in [1.82, 2.24) is 0 Å². The van der Waals surface area contributed by atoms with Gasteiger partial charge in [-0.15, -0.1) is 0 Å². The maximum absolute atomic E-state index is 11.0. The first-order chi connectivity index (χ1) is 7.18. The van der Waals surface area contributed by atoms with Crippen LogP contribution in [-0.2, 0) is 4.79 Å². The third-order valence-electron chi connectivity index (χ3n) is 2.29. The van der Waals surface area contributed by atoms with Gasteiger partial charge in [0.25, 0.3) is 0 Å². The number of rotatable bonds is 1. The molecule has 15 heavy (non-hydrogen) atoms. The average Bonchev–Trinajstić information content (AvgIpc) is 2.39. The van der Waals surface area contributed by atoms with Crippen LogP contribution >= 0.6 is 0 Å². The Labute approximate surface area is 88.8 Å².